The molecule has 104 valence electrons. The van der Waals surface area contributed by atoms with Gasteiger partial charge in [-0.15, -0.1) is 0 Å². The van der Waals surface area contributed by atoms with E-state index >= 15 is 0 Å². The van der Waals surface area contributed by atoms with E-state index in [1.54, 1.807) is 18.2 Å². The number of benzene rings is 1. The molecule has 19 heavy (non-hydrogen) atoms. The predicted octanol–water partition coefficient (Wildman–Crippen LogP) is 3.57. The fraction of sp³-hybridized carbons (Fsp3) is 0.538. The smallest absolute Gasteiger partial charge is 0.208 e. The molecule has 6 heteroatoms. The second-order valence-corrected chi connectivity index (χ2v) is 8.37. The van der Waals surface area contributed by atoms with Crippen molar-refractivity contribution in [1.29, 1.82) is 0 Å². The van der Waals surface area contributed by atoms with Crippen LogP contribution in [0.1, 0.15) is 25.7 Å². The van der Waals surface area contributed by atoms with Crippen LogP contribution in [-0.2, 0) is 10.0 Å². The molecule has 0 spiro atoms. The molecule has 0 saturated heterocycles. The van der Waals surface area contributed by atoms with Crippen LogP contribution in [0.5, 0.6) is 0 Å². The van der Waals surface area contributed by atoms with Gasteiger partial charge in [0.1, 0.15) is 0 Å². The predicted molar refractivity (Wildman–Crippen MR) is 78.7 cm³/mol. The van der Waals surface area contributed by atoms with Crippen LogP contribution in [0.3, 0.4) is 0 Å². The molecule has 3 rings (SSSR count). The van der Waals surface area contributed by atoms with Crippen molar-refractivity contribution in [2.75, 3.05) is 0 Å². The first-order chi connectivity index (χ1) is 8.97. The summed E-state index contributed by atoms with van der Waals surface area (Å²) >= 11 is 9.16. The maximum Gasteiger partial charge on any atom is 0.240 e. The minimum Gasteiger partial charge on any atom is -0.208 e. The van der Waals surface area contributed by atoms with Gasteiger partial charge in [0, 0.05) is 10.5 Å². The number of halogens is 2. The second-order valence-electron chi connectivity index (χ2n) is 5.40. The van der Waals surface area contributed by atoms with E-state index in [4.69, 9.17) is 11.6 Å². The topological polar surface area (TPSA) is 46.2 Å². The van der Waals surface area contributed by atoms with Crippen molar-refractivity contribution < 1.29 is 8.42 Å². The fourth-order valence-electron chi connectivity index (χ4n) is 2.38. The van der Waals surface area contributed by atoms with Crippen LogP contribution >= 0.6 is 27.5 Å². The molecule has 0 heterocycles. The highest BCUT2D eigenvalue weighted by atomic mass is 79.9. The summed E-state index contributed by atoms with van der Waals surface area (Å²) in [7, 11) is -3.45. The van der Waals surface area contributed by atoms with Gasteiger partial charge in [0.05, 0.1) is 9.92 Å². The highest BCUT2D eigenvalue weighted by Gasteiger charge is 2.43. The van der Waals surface area contributed by atoms with Crippen LogP contribution in [-0.4, -0.2) is 14.5 Å². The Kier molecular flexibility index (Phi) is 3.67. The average Bonchev–Trinajstić information content (AvgIpc) is 3.23. The van der Waals surface area contributed by atoms with Crippen molar-refractivity contribution in [3.63, 3.8) is 0 Å². The van der Waals surface area contributed by atoms with Crippen LogP contribution in [0.4, 0.5) is 0 Å². The summed E-state index contributed by atoms with van der Waals surface area (Å²) < 4.78 is 28.3. The number of rotatable bonds is 5. The largest absolute Gasteiger partial charge is 0.240 e. The number of hydrogen-bond acceptors (Lipinski definition) is 2. The standard InChI is InChI=1S/C13H15BrClNO2S/c14-11-7-10(5-6-12(11)15)19(17,18)16-13(8-1-2-8)9-3-4-9/h5-9,13,16H,1-4H2. The lowest BCUT2D eigenvalue weighted by Gasteiger charge is -2.18. The van der Waals surface area contributed by atoms with E-state index in [2.05, 4.69) is 20.7 Å². The first-order valence-electron chi connectivity index (χ1n) is 6.45. The Hall–Kier alpha value is -0.100. The van der Waals surface area contributed by atoms with Gasteiger partial charge in [-0.05, 0) is 71.6 Å². The zero-order valence-corrected chi connectivity index (χ0v) is 13.4. The molecular weight excluding hydrogens is 350 g/mol. The summed E-state index contributed by atoms with van der Waals surface area (Å²) in [5.41, 5.74) is 0. The van der Waals surface area contributed by atoms with Crippen LogP contribution in [0.15, 0.2) is 27.6 Å². The third-order valence-electron chi connectivity index (χ3n) is 3.75. The quantitative estimate of drug-likeness (QED) is 0.868. The molecule has 2 fully saturated rings. The van der Waals surface area contributed by atoms with Gasteiger partial charge < -0.3 is 0 Å². The zero-order valence-electron chi connectivity index (χ0n) is 10.3. The summed E-state index contributed by atoms with van der Waals surface area (Å²) in [4.78, 5) is 0.273. The Morgan fingerprint density at radius 3 is 2.26 bits per heavy atom. The van der Waals surface area contributed by atoms with Crippen molar-refractivity contribution in [3.8, 4) is 0 Å². The minimum atomic E-state index is -3.45. The highest BCUT2D eigenvalue weighted by molar-refractivity contribution is 9.10. The molecule has 0 bridgehead atoms. The lowest BCUT2D eigenvalue weighted by molar-refractivity contribution is 0.471. The Morgan fingerprint density at radius 2 is 1.79 bits per heavy atom. The summed E-state index contributed by atoms with van der Waals surface area (Å²) in [5.74, 6) is 1.08. The summed E-state index contributed by atoms with van der Waals surface area (Å²) in [5, 5.41) is 0.514. The van der Waals surface area contributed by atoms with Crippen LogP contribution < -0.4 is 4.72 Å². The van der Waals surface area contributed by atoms with Gasteiger partial charge >= 0.3 is 0 Å². The molecule has 0 radical (unpaired) electrons. The van der Waals surface area contributed by atoms with Crippen LogP contribution in [0.2, 0.25) is 5.02 Å². The molecule has 2 aliphatic carbocycles. The van der Waals surface area contributed by atoms with E-state index in [-0.39, 0.29) is 10.9 Å². The molecule has 0 amide bonds. The zero-order chi connectivity index (χ0) is 13.6. The maximum atomic E-state index is 12.4. The van der Waals surface area contributed by atoms with E-state index in [9.17, 15) is 8.42 Å². The number of sulfonamides is 1. The summed E-state index contributed by atoms with van der Waals surface area (Å²) in [6.45, 7) is 0. The third kappa shape index (κ3) is 3.15. The lowest BCUT2D eigenvalue weighted by atomic mass is 10.1. The van der Waals surface area contributed by atoms with Gasteiger partial charge in [-0.25, -0.2) is 13.1 Å². The van der Waals surface area contributed by atoms with Crippen LogP contribution in [0.25, 0.3) is 0 Å². The molecule has 2 saturated carbocycles. The average molecular weight is 365 g/mol. The minimum absolute atomic E-state index is 0.124. The van der Waals surface area contributed by atoms with Crippen molar-refractivity contribution in [2.24, 2.45) is 11.8 Å². The van der Waals surface area contributed by atoms with E-state index in [0.717, 1.165) is 25.7 Å². The van der Waals surface area contributed by atoms with Gasteiger partial charge in [0.15, 0.2) is 0 Å². The number of nitrogens with one attached hydrogen (secondary N) is 1. The molecule has 1 aromatic rings. The van der Waals surface area contributed by atoms with Crippen molar-refractivity contribution in [3.05, 3.63) is 27.7 Å². The van der Waals surface area contributed by atoms with Gasteiger partial charge in [0.25, 0.3) is 0 Å². The molecule has 0 aliphatic heterocycles. The molecule has 1 aromatic carbocycles. The molecule has 0 unspecified atom stereocenters. The molecule has 0 atom stereocenters. The Bertz CT molecular complexity index is 585. The number of hydrogen-bond donors (Lipinski definition) is 1. The molecule has 2 aliphatic rings. The van der Waals surface area contributed by atoms with E-state index < -0.39 is 10.0 Å². The van der Waals surface area contributed by atoms with E-state index in [1.807, 2.05) is 0 Å². The van der Waals surface area contributed by atoms with E-state index in [1.165, 1.54) is 0 Å². The van der Waals surface area contributed by atoms with E-state index in [0.29, 0.717) is 21.3 Å². The molecular formula is C13H15BrClNO2S. The normalized spacial score (nSPS) is 19.9. The Morgan fingerprint density at radius 1 is 1.21 bits per heavy atom. The molecule has 3 nitrogen and oxygen atoms in total. The lowest BCUT2D eigenvalue weighted by Crippen LogP contribution is -2.38. The first kappa shape index (κ1) is 13.9. The Labute approximate surface area is 126 Å². The highest BCUT2D eigenvalue weighted by Crippen LogP contribution is 2.45. The molecule has 1 N–H and O–H groups in total. The van der Waals surface area contributed by atoms with Crippen molar-refractivity contribution >= 4 is 37.6 Å². The van der Waals surface area contributed by atoms with Gasteiger partial charge in [-0.2, -0.15) is 0 Å². The van der Waals surface area contributed by atoms with Gasteiger partial charge in [0.2, 0.25) is 10.0 Å². The maximum absolute atomic E-state index is 12.4. The monoisotopic (exact) mass is 363 g/mol. The molecule has 0 aromatic heterocycles. The first-order valence-corrected chi connectivity index (χ1v) is 9.10. The van der Waals surface area contributed by atoms with Crippen molar-refractivity contribution in [2.45, 2.75) is 36.6 Å². The summed E-state index contributed by atoms with van der Waals surface area (Å²) in [6, 6.07) is 4.83. The summed E-state index contributed by atoms with van der Waals surface area (Å²) in [6.07, 6.45) is 4.59. The van der Waals surface area contributed by atoms with Crippen LogP contribution in [0, 0.1) is 11.8 Å². The van der Waals surface area contributed by atoms with Crippen molar-refractivity contribution in [1.82, 2.24) is 4.72 Å². The SMILES string of the molecule is O=S(=O)(NC(C1CC1)C1CC1)c1ccc(Cl)c(Br)c1. The van der Waals surface area contributed by atoms with Gasteiger partial charge in [-0.1, -0.05) is 11.6 Å². The fourth-order valence-corrected chi connectivity index (χ4v) is 4.43. The second kappa shape index (κ2) is 5.02. The van der Waals surface area contributed by atoms with Gasteiger partial charge in [-0.3, -0.25) is 0 Å². The Balaban J connectivity index is 1.82. The third-order valence-corrected chi connectivity index (χ3v) is 6.42.